The lowest BCUT2D eigenvalue weighted by atomic mass is 9.86. The Balaban J connectivity index is 1.27. The Hall–Kier alpha value is -2.55. The molecule has 0 unspecified atom stereocenters. The van der Waals surface area contributed by atoms with E-state index in [-0.39, 0.29) is 5.91 Å². The zero-order chi connectivity index (χ0) is 20.1. The third-order valence-electron chi connectivity index (χ3n) is 5.73. The summed E-state index contributed by atoms with van der Waals surface area (Å²) < 4.78 is 0. The molecule has 9 heteroatoms. The lowest BCUT2D eigenvalue weighted by Gasteiger charge is -2.36. The third kappa shape index (κ3) is 5.09. The minimum absolute atomic E-state index is 0.251. The van der Waals surface area contributed by atoms with Crippen LogP contribution in [0.4, 0.5) is 10.9 Å². The van der Waals surface area contributed by atoms with Gasteiger partial charge in [-0.3, -0.25) is 14.9 Å². The number of pyridine rings is 1. The molecule has 8 nitrogen and oxygen atoms in total. The van der Waals surface area contributed by atoms with Crippen LogP contribution in [0.2, 0.25) is 0 Å². The zero-order valence-electron chi connectivity index (χ0n) is 16.4. The van der Waals surface area contributed by atoms with Gasteiger partial charge in [0.1, 0.15) is 11.3 Å². The number of nitrogens with zero attached hydrogens (tertiary/aromatic N) is 5. The van der Waals surface area contributed by atoms with Crippen molar-refractivity contribution < 1.29 is 9.59 Å². The third-order valence-corrected chi connectivity index (χ3v) is 6.34. The van der Waals surface area contributed by atoms with Crippen molar-refractivity contribution in [2.24, 2.45) is 5.92 Å². The number of anilines is 2. The predicted molar refractivity (Wildman–Crippen MR) is 112 cm³/mol. The lowest BCUT2D eigenvalue weighted by Crippen LogP contribution is -2.49. The van der Waals surface area contributed by atoms with Crippen molar-refractivity contribution in [2.75, 3.05) is 36.4 Å². The van der Waals surface area contributed by atoms with Crippen LogP contribution in [-0.4, -0.2) is 58.1 Å². The molecule has 29 heavy (non-hydrogen) atoms. The molecule has 2 aliphatic rings. The van der Waals surface area contributed by atoms with Crippen LogP contribution in [0.25, 0.3) is 0 Å². The summed E-state index contributed by atoms with van der Waals surface area (Å²) in [5.74, 6) is 1.46. The number of hydrogen-bond donors (Lipinski definition) is 1. The van der Waals surface area contributed by atoms with Crippen LogP contribution in [0.1, 0.15) is 48.9 Å². The predicted octanol–water partition coefficient (Wildman–Crippen LogP) is 2.80. The fourth-order valence-corrected chi connectivity index (χ4v) is 4.50. The standard InChI is InChI=1S/C20H26N6O2S/c27-18(12-15-4-2-1-3-5-15)26-10-8-25(9-11-26)17-7-6-16(13-21-17)19(28)23-20-24-22-14-29-20/h6-7,13-15H,1-5,8-12H2,(H,23,24,28). The molecule has 0 radical (unpaired) electrons. The number of nitrogens with one attached hydrogen (secondary N) is 1. The quantitative estimate of drug-likeness (QED) is 0.809. The van der Waals surface area contributed by atoms with Gasteiger partial charge in [-0.15, -0.1) is 10.2 Å². The highest BCUT2D eigenvalue weighted by Crippen LogP contribution is 2.27. The van der Waals surface area contributed by atoms with Gasteiger partial charge in [-0.05, 0) is 30.9 Å². The summed E-state index contributed by atoms with van der Waals surface area (Å²) in [6.45, 7) is 2.98. The summed E-state index contributed by atoms with van der Waals surface area (Å²) >= 11 is 1.27. The first kappa shape index (κ1) is 19.8. The van der Waals surface area contributed by atoms with Gasteiger partial charge in [0.05, 0.1) is 5.56 Å². The number of rotatable bonds is 5. The Labute approximate surface area is 174 Å². The maximum Gasteiger partial charge on any atom is 0.259 e. The topological polar surface area (TPSA) is 91.3 Å². The molecule has 1 aliphatic carbocycles. The molecular weight excluding hydrogens is 388 g/mol. The van der Waals surface area contributed by atoms with E-state index in [1.807, 2.05) is 11.0 Å². The molecule has 154 valence electrons. The van der Waals surface area contributed by atoms with E-state index in [1.54, 1.807) is 17.8 Å². The number of hydrogen-bond acceptors (Lipinski definition) is 7. The number of carbonyl (C=O) groups excluding carboxylic acids is 2. The number of amides is 2. The summed E-state index contributed by atoms with van der Waals surface area (Å²) in [5, 5.41) is 10.7. The molecule has 1 saturated carbocycles. The molecule has 1 aliphatic heterocycles. The molecule has 0 aromatic carbocycles. The maximum atomic E-state index is 12.6. The molecule has 4 rings (SSSR count). The number of aromatic nitrogens is 3. The van der Waals surface area contributed by atoms with Crippen LogP contribution in [0.15, 0.2) is 23.8 Å². The molecule has 2 aromatic rings. The maximum absolute atomic E-state index is 12.6. The fraction of sp³-hybridized carbons (Fsp3) is 0.550. The summed E-state index contributed by atoms with van der Waals surface area (Å²) in [5.41, 5.74) is 2.04. The van der Waals surface area contributed by atoms with Gasteiger partial charge in [-0.1, -0.05) is 30.6 Å². The fourth-order valence-electron chi connectivity index (χ4n) is 4.06. The van der Waals surface area contributed by atoms with Crippen LogP contribution in [0.3, 0.4) is 0 Å². The highest BCUT2D eigenvalue weighted by molar-refractivity contribution is 7.13. The summed E-state index contributed by atoms with van der Waals surface area (Å²) in [6, 6.07) is 3.62. The van der Waals surface area contributed by atoms with Crippen molar-refractivity contribution in [3.63, 3.8) is 0 Å². The Morgan fingerprint density at radius 1 is 1.10 bits per heavy atom. The highest BCUT2D eigenvalue weighted by atomic mass is 32.1. The Morgan fingerprint density at radius 3 is 2.55 bits per heavy atom. The van der Waals surface area contributed by atoms with Gasteiger partial charge in [0.15, 0.2) is 0 Å². The first-order valence-corrected chi connectivity index (χ1v) is 11.1. The second-order valence-electron chi connectivity index (χ2n) is 7.68. The largest absolute Gasteiger partial charge is 0.353 e. The molecule has 0 bridgehead atoms. The minimum Gasteiger partial charge on any atom is -0.353 e. The van der Waals surface area contributed by atoms with Crippen LogP contribution >= 0.6 is 11.3 Å². The van der Waals surface area contributed by atoms with Gasteiger partial charge in [0.25, 0.3) is 5.91 Å². The average molecular weight is 415 g/mol. The van der Waals surface area contributed by atoms with Gasteiger partial charge in [0, 0.05) is 38.8 Å². The second kappa shape index (κ2) is 9.30. The van der Waals surface area contributed by atoms with Crippen LogP contribution in [-0.2, 0) is 4.79 Å². The molecular formula is C20H26N6O2S. The van der Waals surface area contributed by atoms with E-state index in [0.717, 1.165) is 32.0 Å². The molecule has 1 saturated heterocycles. The van der Waals surface area contributed by atoms with E-state index in [0.29, 0.717) is 28.9 Å². The minimum atomic E-state index is -0.251. The van der Waals surface area contributed by atoms with Gasteiger partial charge >= 0.3 is 0 Å². The van der Waals surface area contributed by atoms with Gasteiger partial charge in [-0.2, -0.15) is 0 Å². The summed E-state index contributed by atoms with van der Waals surface area (Å²) in [6.07, 6.45) is 8.55. The molecule has 0 atom stereocenters. The highest BCUT2D eigenvalue weighted by Gasteiger charge is 2.25. The molecule has 3 heterocycles. The van der Waals surface area contributed by atoms with Gasteiger partial charge < -0.3 is 9.80 Å². The summed E-state index contributed by atoms with van der Waals surface area (Å²) in [7, 11) is 0. The van der Waals surface area contributed by atoms with Crippen molar-refractivity contribution >= 4 is 34.1 Å². The van der Waals surface area contributed by atoms with Crippen molar-refractivity contribution in [2.45, 2.75) is 38.5 Å². The lowest BCUT2D eigenvalue weighted by molar-refractivity contribution is -0.132. The first-order chi connectivity index (χ1) is 14.2. The van der Waals surface area contributed by atoms with Crippen LogP contribution in [0.5, 0.6) is 0 Å². The van der Waals surface area contributed by atoms with Crippen molar-refractivity contribution in [3.8, 4) is 0 Å². The van der Waals surface area contributed by atoms with E-state index in [9.17, 15) is 9.59 Å². The van der Waals surface area contributed by atoms with Crippen LogP contribution < -0.4 is 10.2 Å². The van der Waals surface area contributed by atoms with Crippen molar-refractivity contribution in [1.82, 2.24) is 20.1 Å². The molecule has 2 amide bonds. The SMILES string of the molecule is O=C(Nc1nncs1)c1ccc(N2CCN(C(=O)CC3CCCCC3)CC2)nc1. The van der Waals surface area contributed by atoms with Crippen molar-refractivity contribution in [1.29, 1.82) is 0 Å². The average Bonchev–Trinajstić information content (AvgIpc) is 3.28. The molecule has 0 spiro atoms. The van der Waals surface area contributed by atoms with E-state index in [2.05, 4.69) is 25.4 Å². The van der Waals surface area contributed by atoms with Gasteiger partial charge in [0.2, 0.25) is 11.0 Å². The molecule has 2 fully saturated rings. The van der Waals surface area contributed by atoms with E-state index >= 15 is 0 Å². The smallest absolute Gasteiger partial charge is 0.259 e. The van der Waals surface area contributed by atoms with Crippen LogP contribution in [0, 0.1) is 5.92 Å². The molecule has 2 aromatic heterocycles. The second-order valence-corrected chi connectivity index (χ2v) is 8.51. The van der Waals surface area contributed by atoms with Gasteiger partial charge in [-0.25, -0.2) is 4.98 Å². The van der Waals surface area contributed by atoms with Crippen molar-refractivity contribution in [3.05, 3.63) is 29.4 Å². The summed E-state index contributed by atoms with van der Waals surface area (Å²) in [4.78, 5) is 33.4. The number of piperazine rings is 1. The Morgan fingerprint density at radius 2 is 1.90 bits per heavy atom. The first-order valence-electron chi connectivity index (χ1n) is 10.3. The Bertz CT molecular complexity index is 812. The molecule has 1 N–H and O–H groups in total. The monoisotopic (exact) mass is 414 g/mol. The van der Waals surface area contributed by atoms with E-state index in [1.165, 1.54) is 43.4 Å². The zero-order valence-corrected chi connectivity index (χ0v) is 17.2. The Kier molecular flexibility index (Phi) is 6.33. The van der Waals surface area contributed by atoms with E-state index in [4.69, 9.17) is 0 Å². The number of carbonyl (C=O) groups is 2. The normalized spacial score (nSPS) is 17.9. The van der Waals surface area contributed by atoms with E-state index < -0.39 is 0 Å².